The van der Waals surface area contributed by atoms with Gasteiger partial charge in [-0.1, -0.05) is 6.07 Å². The SMILES string of the molecule is COc1cc(C[C@]2(CCC(=O)N(C)CCc3c(C)n[nH]c3C)CCC(=O)N2)ccc1F. The van der Waals surface area contributed by atoms with Gasteiger partial charge in [0, 0.05) is 37.7 Å². The Kier molecular flexibility index (Phi) is 6.97. The minimum atomic E-state index is -0.506. The van der Waals surface area contributed by atoms with Crippen molar-refractivity contribution in [1.29, 1.82) is 0 Å². The van der Waals surface area contributed by atoms with Crippen LogP contribution in [0.15, 0.2) is 18.2 Å². The number of carbonyl (C=O) groups excluding carboxylic acids is 2. The predicted molar refractivity (Wildman–Crippen MR) is 115 cm³/mol. The number of nitrogens with one attached hydrogen (secondary N) is 2. The summed E-state index contributed by atoms with van der Waals surface area (Å²) in [5.41, 5.74) is 3.49. The van der Waals surface area contributed by atoms with Crippen LogP contribution in [0.1, 0.15) is 48.2 Å². The summed E-state index contributed by atoms with van der Waals surface area (Å²) in [5.74, 6) is -0.218. The van der Waals surface area contributed by atoms with E-state index in [9.17, 15) is 14.0 Å². The van der Waals surface area contributed by atoms with Crippen molar-refractivity contribution in [3.05, 3.63) is 46.5 Å². The van der Waals surface area contributed by atoms with Gasteiger partial charge in [0.05, 0.1) is 12.8 Å². The quantitative estimate of drug-likeness (QED) is 0.640. The number of halogens is 1. The number of amides is 2. The molecule has 2 heterocycles. The number of aromatic amines is 1. The summed E-state index contributed by atoms with van der Waals surface area (Å²) in [6, 6.07) is 4.73. The number of likely N-dealkylation sites (N-methyl/N-ethyl adjacent to an activating group) is 1. The maximum atomic E-state index is 13.8. The number of hydrogen-bond donors (Lipinski definition) is 2. The highest BCUT2D eigenvalue weighted by molar-refractivity contribution is 5.80. The average Bonchev–Trinajstić information content (AvgIpc) is 3.27. The molecule has 1 atom stereocenters. The number of rotatable bonds is 9. The molecule has 2 aromatic rings. The van der Waals surface area contributed by atoms with E-state index in [0.717, 1.165) is 28.9 Å². The van der Waals surface area contributed by atoms with Crippen molar-refractivity contribution in [3.63, 3.8) is 0 Å². The Morgan fingerprint density at radius 2 is 2.13 bits per heavy atom. The van der Waals surface area contributed by atoms with Gasteiger partial charge in [0.1, 0.15) is 0 Å². The fraction of sp³-hybridized carbons (Fsp3) is 0.522. The maximum Gasteiger partial charge on any atom is 0.222 e. The van der Waals surface area contributed by atoms with Crippen LogP contribution in [0.3, 0.4) is 0 Å². The Bertz CT molecular complexity index is 939. The minimum Gasteiger partial charge on any atom is -0.494 e. The molecule has 2 N–H and O–H groups in total. The second-order valence-electron chi connectivity index (χ2n) is 8.45. The highest BCUT2D eigenvalue weighted by Crippen LogP contribution is 2.31. The van der Waals surface area contributed by atoms with Gasteiger partial charge < -0.3 is 15.0 Å². The molecule has 0 saturated carbocycles. The molecule has 0 aliphatic carbocycles. The lowest BCUT2D eigenvalue weighted by molar-refractivity contribution is -0.130. The van der Waals surface area contributed by atoms with E-state index in [1.807, 2.05) is 13.8 Å². The largest absolute Gasteiger partial charge is 0.494 e. The first-order valence-corrected chi connectivity index (χ1v) is 10.6. The van der Waals surface area contributed by atoms with Crippen molar-refractivity contribution in [2.45, 2.75) is 57.9 Å². The number of ether oxygens (including phenoxy) is 1. The van der Waals surface area contributed by atoms with Crippen LogP contribution >= 0.6 is 0 Å². The number of benzene rings is 1. The first-order valence-electron chi connectivity index (χ1n) is 10.6. The van der Waals surface area contributed by atoms with Gasteiger partial charge in [-0.3, -0.25) is 14.7 Å². The molecule has 1 aliphatic heterocycles. The summed E-state index contributed by atoms with van der Waals surface area (Å²) in [6.07, 6.45) is 3.22. The van der Waals surface area contributed by atoms with Crippen molar-refractivity contribution in [2.75, 3.05) is 20.7 Å². The van der Waals surface area contributed by atoms with Gasteiger partial charge in [0.25, 0.3) is 0 Å². The number of methoxy groups -OCH3 is 1. The molecule has 1 fully saturated rings. The Balaban J connectivity index is 1.61. The molecule has 0 unspecified atom stereocenters. The zero-order valence-corrected chi connectivity index (χ0v) is 18.7. The van der Waals surface area contributed by atoms with E-state index < -0.39 is 11.4 Å². The fourth-order valence-electron chi connectivity index (χ4n) is 4.27. The lowest BCUT2D eigenvalue weighted by Gasteiger charge is -2.30. The van der Waals surface area contributed by atoms with E-state index in [2.05, 4.69) is 15.5 Å². The van der Waals surface area contributed by atoms with E-state index in [4.69, 9.17) is 4.74 Å². The zero-order valence-electron chi connectivity index (χ0n) is 18.7. The van der Waals surface area contributed by atoms with Gasteiger partial charge in [-0.25, -0.2) is 4.39 Å². The van der Waals surface area contributed by atoms with E-state index in [1.54, 1.807) is 24.1 Å². The molecule has 1 aliphatic rings. The molecule has 3 rings (SSSR count). The summed E-state index contributed by atoms with van der Waals surface area (Å²) in [5, 5.41) is 10.2. The molecule has 8 heteroatoms. The van der Waals surface area contributed by atoms with Gasteiger partial charge >= 0.3 is 0 Å². The first-order chi connectivity index (χ1) is 14.7. The molecule has 7 nitrogen and oxygen atoms in total. The molecule has 168 valence electrons. The smallest absolute Gasteiger partial charge is 0.222 e. The summed E-state index contributed by atoms with van der Waals surface area (Å²) in [7, 11) is 3.23. The maximum absolute atomic E-state index is 13.8. The van der Waals surface area contributed by atoms with Crippen LogP contribution in [0.4, 0.5) is 4.39 Å². The second kappa shape index (κ2) is 9.49. The standard InChI is InChI=1S/C23H31FN4O3/c1-15-18(16(2)27-26-15)9-12-28(3)22(30)8-11-23(10-7-21(29)25-23)14-17-5-6-19(24)20(13-17)31-4/h5-6,13H,7-12,14H2,1-4H3,(H,25,29)(H,26,27)/t23-/m1/s1. The lowest BCUT2D eigenvalue weighted by Crippen LogP contribution is -2.44. The third-order valence-electron chi connectivity index (χ3n) is 6.21. The number of H-pyrrole nitrogens is 1. The molecule has 2 amide bonds. The minimum absolute atomic E-state index is 0.0132. The topological polar surface area (TPSA) is 87.3 Å². The molecule has 1 aromatic carbocycles. The van der Waals surface area contributed by atoms with Crippen molar-refractivity contribution in [3.8, 4) is 5.75 Å². The second-order valence-corrected chi connectivity index (χ2v) is 8.45. The van der Waals surface area contributed by atoms with Crippen molar-refractivity contribution in [1.82, 2.24) is 20.4 Å². The van der Waals surface area contributed by atoms with Crippen LogP contribution in [-0.4, -0.2) is 53.2 Å². The van der Waals surface area contributed by atoms with Crippen molar-refractivity contribution in [2.24, 2.45) is 0 Å². The number of aryl methyl sites for hydroxylation is 2. The Labute approximate surface area is 182 Å². The number of hydrogen-bond acceptors (Lipinski definition) is 4. The summed E-state index contributed by atoms with van der Waals surface area (Å²) in [6.45, 7) is 4.54. The van der Waals surface area contributed by atoms with Gasteiger partial charge in [-0.05, 0) is 62.8 Å². The highest BCUT2D eigenvalue weighted by atomic mass is 19.1. The monoisotopic (exact) mass is 430 g/mol. The van der Waals surface area contributed by atoms with E-state index in [-0.39, 0.29) is 17.6 Å². The van der Waals surface area contributed by atoms with Gasteiger partial charge in [-0.2, -0.15) is 5.10 Å². The molecule has 1 saturated heterocycles. The molecule has 0 bridgehead atoms. The zero-order chi connectivity index (χ0) is 22.6. The van der Waals surface area contributed by atoms with Crippen LogP contribution in [0.5, 0.6) is 5.75 Å². The van der Waals surface area contributed by atoms with Gasteiger partial charge in [-0.15, -0.1) is 0 Å². The average molecular weight is 431 g/mol. The van der Waals surface area contributed by atoms with Gasteiger partial charge in [0.15, 0.2) is 11.6 Å². The molecule has 31 heavy (non-hydrogen) atoms. The first kappa shape index (κ1) is 22.8. The molecule has 1 aromatic heterocycles. The fourth-order valence-corrected chi connectivity index (χ4v) is 4.27. The van der Waals surface area contributed by atoms with Crippen molar-refractivity contribution >= 4 is 11.8 Å². The van der Waals surface area contributed by atoms with E-state index in [0.29, 0.717) is 38.6 Å². The van der Waals surface area contributed by atoms with E-state index >= 15 is 0 Å². The highest BCUT2D eigenvalue weighted by Gasteiger charge is 2.38. The molecular weight excluding hydrogens is 399 g/mol. The number of aromatic nitrogens is 2. The number of nitrogens with zero attached hydrogens (tertiary/aromatic N) is 2. The van der Waals surface area contributed by atoms with Gasteiger partial charge in [0.2, 0.25) is 11.8 Å². The van der Waals surface area contributed by atoms with Crippen molar-refractivity contribution < 1.29 is 18.7 Å². The Morgan fingerprint density at radius 1 is 1.35 bits per heavy atom. The molecule has 0 spiro atoms. The summed E-state index contributed by atoms with van der Waals surface area (Å²) in [4.78, 5) is 26.5. The Morgan fingerprint density at radius 3 is 2.74 bits per heavy atom. The predicted octanol–water partition coefficient (Wildman–Crippen LogP) is 2.85. The number of carbonyl (C=O) groups is 2. The van der Waals surface area contributed by atoms with Crippen LogP contribution in [-0.2, 0) is 22.4 Å². The molecular formula is C23H31FN4O3. The van der Waals surface area contributed by atoms with E-state index in [1.165, 1.54) is 13.2 Å². The van der Waals surface area contributed by atoms with Crippen LogP contribution < -0.4 is 10.1 Å². The molecule has 0 radical (unpaired) electrons. The van der Waals surface area contributed by atoms with Crippen LogP contribution in [0.25, 0.3) is 0 Å². The normalized spacial score (nSPS) is 18.2. The summed E-state index contributed by atoms with van der Waals surface area (Å²) < 4.78 is 18.8. The van der Waals surface area contributed by atoms with Crippen LogP contribution in [0, 0.1) is 19.7 Å². The summed E-state index contributed by atoms with van der Waals surface area (Å²) >= 11 is 0. The third kappa shape index (κ3) is 5.42. The Hall–Kier alpha value is -2.90. The third-order valence-corrected chi connectivity index (χ3v) is 6.21. The lowest BCUT2D eigenvalue weighted by atomic mass is 9.84. The van der Waals surface area contributed by atoms with Crippen LogP contribution in [0.2, 0.25) is 0 Å².